The Morgan fingerprint density at radius 3 is 2.06 bits per heavy atom. The molecule has 0 aliphatic carbocycles. The zero-order chi connectivity index (χ0) is 11.4. The average Bonchev–Trinajstić information content (AvgIpc) is 2.30. The predicted octanol–water partition coefficient (Wildman–Crippen LogP) is 5.22. The van der Waals surface area contributed by atoms with E-state index in [1.807, 2.05) is 12.1 Å². The Bertz CT molecular complexity index is 470. The lowest BCUT2D eigenvalue weighted by molar-refractivity contribution is 1.58. The Labute approximate surface area is 118 Å². The van der Waals surface area contributed by atoms with Gasteiger partial charge in [0.2, 0.25) is 0 Å². The van der Waals surface area contributed by atoms with Gasteiger partial charge in [-0.1, -0.05) is 64.5 Å². The first kappa shape index (κ1) is 11.9. The molecule has 0 N–H and O–H groups in total. The molecule has 0 radical (unpaired) electrons. The quantitative estimate of drug-likeness (QED) is 0.491. The minimum absolute atomic E-state index is 1.12. The Morgan fingerprint density at radius 1 is 0.812 bits per heavy atom. The fourth-order valence-corrected chi connectivity index (χ4v) is 2.38. The van der Waals surface area contributed by atoms with Crippen molar-refractivity contribution in [2.45, 2.75) is 0 Å². The van der Waals surface area contributed by atoms with Crippen molar-refractivity contribution >= 4 is 50.7 Å². The molecule has 0 saturated heterocycles. The maximum Gasteiger partial charge on any atom is 0.0247 e. The van der Waals surface area contributed by atoms with E-state index < -0.39 is 0 Å². The van der Waals surface area contributed by atoms with Gasteiger partial charge in [0.15, 0.2) is 0 Å². The van der Waals surface area contributed by atoms with E-state index >= 15 is 0 Å². The second-order valence-corrected chi connectivity index (χ2v) is 5.39. The fraction of sp³-hybridized carbons (Fsp3) is 0. The average molecular weight is 385 g/mol. The number of hydrogen-bond acceptors (Lipinski definition) is 0. The molecule has 0 fully saturated rings. The largest absolute Gasteiger partial charge is 0.0616 e. The molecular formula is C14H10BrI. The lowest BCUT2D eigenvalue weighted by atomic mass is 10.1. The summed E-state index contributed by atoms with van der Waals surface area (Å²) in [5.41, 5.74) is 2.45. The van der Waals surface area contributed by atoms with Crippen LogP contribution in [0.2, 0.25) is 0 Å². The molecular weight excluding hydrogens is 375 g/mol. The molecule has 0 atom stereocenters. The van der Waals surface area contributed by atoms with Crippen molar-refractivity contribution < 1.29 is 0 Å². The van der Waals surface area contributed by atoms with Gasteiger partial charge >= 0.3 is 0 Å². The molecule has 0 bridgehead atoms. The highest BCUT2D eigenvalue weighted by atomic mass is 127. The highest BCUT2D eigenvalue weighted by molar-refractivity contribution is 14.1. The van der Waals surface area contributed by atoms with Gasteiger partial charge in [-0.15, -0.1) is 0 Å². The molecule has 0 amide bonds. The first-order chi connectivity index (χ1) is 7.77. The summed E-state index contributed by atoms with van der Waals surface area (Å²) in [4.78, 5) is 0. The standard InChI is InChI=1S/C14H10BrI/c15-13-7-3-1-5-11(13)9-10-12-6-2-4-8-14(12)16/h1-10H/b10-9-. The Hall–Kier alpha value is -0.610. The monoisotopic (exact) mass is 384 g/mol. The van der Waals surface area contributed by atoms with Gasteiger partial charge in [0.05, 0.1) is 0 Å². The van der Waals surface area contributed by atoms with Crippen LogP contribution in [0.5, 0.6) is 0 Å². The van der Waals surface area contributed by atoms with Crippen LogP contribution in [0.15, 0.2) is 53.0 Å². The van der Waals surface area contributed by atoms with Crippen molar-refractivity contribution in [3.8, 4) is 0 Å². The summed E-state index contributed by atoms with van der Waals surface area (Å²) < 4.78 is 2.39. The molecule has 80 valence electrons. The molecule has 0 aromatic heterocycles. The van der Waals surface area contributed by atoms with Crippen molar-refractivity contribution in [3.05, 3.63) is 67.7 Å². The third-order valence-electron chi connectivity index (χ3n) is 2.25. The number of benzene rings is 2. The molecule has 16 heavy (non-hydrogen) atoms. The predicted molar refractivity (Wildman–Crippen MR) is 82.2 cm³/mol. The molecule has 0 saturated carbocycles. The van der Waals surface area contributed by atoms with Crippen molar-refractivity contribution in [1.82, 2.24) is 0 Å². The van der Waals surface area contributed by atoms with E-state index in [9.17, 15) is 0 Å². The Kier molecular flexibility index (Phi) is 4.18. The highest BCUT2D eigenvalue weighted by Gasteiger charge is 1.95. The van der Waals surface area contributed by atoms with Gasteiger partial charge < -0.3 is 0 Å². The Balaban J connectivity index is 2.29. The normalized spacial score (nSPS) is 10.9. The van der Waals surface area contributed by atoms with Crippen LogP contribution in [-0.4, -0.2) is 0 Å². The maximum atomic E-state index is 3.54. The van der Waals surface area contributed by atoms with E-state index in [0.29, 0.717) is 0 Å². The van der Waals surface area contributed by atoms with Crippen molar-refractivity contribution in [1.29, 1.82) is 0 Å². The van der Waals surface area contributed by atoms with Gasteiger partial charge in [-0.3, -0.25) is 0 Å². The lowest BCUT2D eigenvalue weighted by Gasteiger charge is -1.99. The molecule has 0 spiro atoms. The van der Waals surface area contributed by atoms with Crippen LogP contribution in [0, 0.1) is 3.57 Å². The zero-order valence-corrected chi connectivity index (χ0v) is 12.3. The molecule has 0 heterocycles. The molecule has 0 nitrogen and oxygen atoms in total. The summed E-state index contributed by atoms with van der Waals surface area (Å²) in [5, 5.41) is 0. The van der Waals surface area contributed by atoms with Crippen LogP contribution in [-0.2, 0) is 0 Å². The molecule has 2 aromatic rings. The Morgan fingerprint density at radius 2 is 1.38 bits per heavy atom. The van der Waals surface area contributed by atoms with Crippen molar-refractivity contribution in [2.24, 2.45) is 0 Å². The summed E-state index contributed by atoms with van der Waals surface area (Å²) in [6, 6.07) is 16.6. The van der Waals surface area contributed by atoms with Gasteiger partial charge in [0.1, 0.15) is 0 Å². The summed E-state index contributed by atoms with van der Waals surface area (Å²) in [7, 11) is 0. The number of hydrogen-bond donors (Lipinski definition) is 0. The summed E-state index contributed by atoms with van der Waals surface area (Å²) >= 11 is 5.88. The van der Waals surface area contributed by atoms with Crippen LogP contribution in [0.4, 0.5) is 0 Å². The molecule has 0 aliphatic rings. The minimum atomic E-state index is 1.12. The van der Waals surface area contributed by atoms with Crippen molar-refractivity contribution in [2.75, 3.05) is 0 Å². The van der Waals surface area contributed by atoms with Gasteiger partial charge in [0, 0.05) is 8.04 Å². The molecule has 0 aliphatic heterocycles. The number of rotatable bonds is 2. The topological polar surface area (TPSA) is 0 Å². The molecule has 0 unspecified atom stereocenters. The molecule has 2 aromatic carbocycles. The van der Waals surface area contributed by atoms with E-state index in [4.69, 9.17) is 0 Å². The first-order valence-corrected chi connectivity index (χ1v) is 6.82. The highest BCUT2D eigenvalue weighted by Crippen LogP contribution is 2.20. The van der Waals surface area contributed by atoms with E-state index in [0.717, 1.165) is 4.47 Å². The lowest BCUT2D eigenvalue weighted by Crippen LogP contribution is -1.78. The maximum absolute atomic E-state index is 3.54. The van der Waals surface area contributed by atoms with Gasteiger partial charge in [-0.05, 0) is 45.9 Å². The van der Waals surface area contributed by atoms with E-state index in [-0.39, 0.29) is 0 Å². The number of halogens is 2. The third-order valence-corrected chi connectivity index (χ3v) is 3.96. The summed E-state index contributed by atoms with van der Waals surface area (Å²) in [6.45, 7) is 0. The van der Waals surface area contributed by atoms with Crippen LogP contribution in [0.1, 0.15) is 11.1 Å². The van der Waals surface area contributed by atoms with Crippen LogP contribution in [0.25, 0.3) is 12.2 Å². The fourth-order valence-electron chi connectivity index (χ4n) is 1.40. The molecule has 2 heteroatoms. The zero-order valence-electron chi connectivity index (χ0n) is 8.53. The van der Waals surface area contributed by atoms with Crippen LogP contribution in [0.3, 0.4) is 0 Å². The SMILES string of the molecule is Brc1ccccc1/C=C\c1ccccc1I. The van der Waals surface area contributed by atoms with E-state index in [1.54, 1.807) is 0 Å². The smallest absolute Gasteiger partial charge is 0.0247 e. The summed E-state index contributed by atoms with van der Waals surface area (Å²) in [5.74, 6) is 0. The van der Waals surface area contributed by atoms with Crippen LogP contribution < -0.4 is 0 Å². The third kappa shape index (κ3) is 2.95. The van der Waals surface area contributed by atoms with E-state index in [1.165, 1.54) is 14.7 Å². The second-order valence-electron chi connectivity index (χ2n) is 3.38. The molecule has 2 rings (SSSR count). The first-order valence-electron chi connectivity index (χ1n) is 4.94. The summed E-state index contributed by atoms with van der Waals surface area (Å²) in [6.07, 6.45) is 4.27. The van der Waals surface area contributed by atoms with Crippen molar-refractivity contribution in [3.63, 3.8) is 0 Å². The minimum Gasteiger partial charge on any atom is -0.0616 e. The van der Waals surface area contributed by atoms with Gasteiger partial charge in [-0.2, -0.15) is 0 Å². The van der Waals surface area contributed by atoms with Crippen LogP contribution >= 0.6 is 38.5 Å². The second kappa shape index (κ2) is 5.64. The van der Waals surface area contributed by atoms with E-state index in [2.05, 4.69) is 87.1 Å². The van der Waals surface area contributed by atoms with Gasteiger partial charge in [0.25, 0.3) is 0 Å². The van der Waals surface area contributed by atoms with Gasteiger partial charge in [-0.25, -0.2) is 0 Å².